The van der Waals surface area contributed by atoms with Crippen LogP contribution in [0.15, 0.2) is 47.8 Å². The van der Waals surface area contributed by atoms with Crippen LogP contribution in [0.5, 0.6) is 0 Å². The maximum Gasteiger partial charge on any atom is 0.0866 e. The first-order valence-electron chi connectivity index (χ1n) is 4.64. The summed E-state index contributed by atoms with van der Waals surface area (Å²) in [6.07, 6.45) is 6.99. The predicted octanol–water partition coefficient (Wildman–Crippen LogP) is 2.43. The first kappa shape index (κ1) is 10.8. The Morgan fingerprint density at radius 2 is 2.14 bits per heavy atom. The van der Waals surface area contributed by atoms with Gasteiger partial charge in [-0.25, -0.2) is 0 Å². The Morgan fingerprint density at radius 3 is 2.57 bits per heavy atom. The van der Waals surface area contributed by atoms with Crippen molar-refractivity contribution in [1.29, 1.82) is 0 Å². The SMILES string of the molecule is C=CC1=C(C)/C(=C/O)C=CC1N(C)C. The summed E-state index contributed by atoms with van der Waals surface area (Å²) in [6, 6.07) is 0.260. The number of aliphatic hydroxyl groups excluding tert-OH is 1. The van der Waals surface area contributed by atoms with Gasteiger partial charge in [0, 0.05) is 5.57 Å². The van der Waals surface area contributed by atoms with Crippen molar-refractivity contribution in [3.8, 4) is 0 Å². The second-order valence-corrected chi connectivity index (χ2v) is 3.64. The molecule has 0 aliphatic heterocycles. The van der Waals surface area contributed by atoms with Crippen LogP contribution in [0.2, 0.25) is 0 Å². The lowest BCUT2D eigenvalue weighted by atomic mass is 9.90. The summed E-state index contributed by atoms with van der Waals surface area (Å²) in [4.78, 5) is 2.12. The molecule has 1 N–H and O–H groups in total. The summed E-state index contributed by atoms with van der Waals surface area (Å²) in [7, 11) is 4.05. The summed E-state index contributed by atoms with van der Waals surface area (Å²) in [6.45, 7) is 5.81. The minimum Gasteiger partial charge on any atom is -0.515 e. The largest absolute Gasteiger partial charge is 0.515 e. The van der Waals surface area contributed by atoms with E-state index in [1.807, 2.05) is 33.2 Å². The maximum absolute atomic E-state index is 9.00. The molecule has 0 saturated heterocycles. The highest BCUT2D eigenvalue weighted by Crippen LogP contribution is 2.26. The zero-order valence-electron chi connectivity index (χ0n) is 8.99. The normalized spacial score (nSPS) is 24.9. The summed E-state index contributed by atoms with van der Waals surface area (Å²) in [5.41, 5.74) is 3.10. The minimum atomic E-state index is 0.260. The van der Waals surface area contributed by atoms with Crippen LogP contribution >= 0.6 is 0 Å². The van der Waals surface area contributed by atoms with Crippen LogP contribution in [0, 0.1) is 0 Å². The lowest BCUT2D eigenvalue weighted by Crippen LogP contribution is -2.29. The van der Waals surface area contributed by atoms with E-state index < -0.39 is 0 Å². The van der Waals surface area contributed by atoms with E-state index in [1.165, 1.54) is 0 Å². The van der Waals surface area contributed by atoms with Gasteiger partial charge in [-0.05, 0) is 32.2 Å². The minimum absolute atomic E-state index is 0.260. The van der Waals surface area contributed by atoms with Gasteiger partial charge in [0.25, 0.3) is 0 Å². The van der Waals surface area contributed by atoms with Crippen LogP contribution in [0.25, 0.3) is 0 Å². The molecule has 0 bridgehead atoms. The molecule has 2 heteroatoms. The highest BCUT2D eigenvalue weighted by Gasteiger charge is 2.18. The molecule has 14 heavy (non-hydrogen) atoms. The van der Waals surface area contributed by atoms with Crippen molar-refractivity contribution >= 4 is 0 Å². The Morgan fingerprint density at radius 1 is 1.50 bits per heavy atom. The first-order chi connectivity index (χ1) is 6.61. The zero-order valence-corrected chi connectivity index (χ0v) is 8.99. The third-order valence-corrected chi connectivity index (χ3v) is 2.56. The van der Waals surface area contributed by atoms with E-state index in [0.29, 0.717) is 0 Å². The van der Waals surface area contributed by atoms with E-state index in [1.54, 1.807) is 0 Å². The van der Waals surface area contributed by atoms with Crippen molar-refractivity contribution in [2.75, 3.05) is 14.1 Å². The third-order valence-electron chi connectivity index (χ3n) is 2.56. The average molecular weight is 191 g/mol. The van der Waals surface area contributed by atoms with E-state index >= 15 is 0 Å². The van der Waals surface area contributed by atoms with E-state index in [-0.39, 0.29) is 6.04 Å². The Hall–Kier alpha value is -1.28. The van der Waals surface area contributed by atoms with E-state index in [0.717, 1.165) is 23.0 Å². The van der Waals surface area contributed by atoms with Crippen molar-refractivity contribution in [2.24, 2.45) is 0 Å². The molecule has 0 saturated carbocycles. The highest BCUT2D eigenvalue weighted by atomic mass is 16.2. The number of rotatable bonds is 2. The van der Waals surface area contributed by atoms with Crippen LogP contribution in [0.1, 0.15) is 6.92 Å². The first-order valence-corrected chi connectivity index (χ1v) is 4.64. The summed E-state index contributed by atoms with van der Waals surface area (Å²) in [5, 5.41) is 9.00. The number of likely N-dealkylation sites (N-methyl/N-ethyl adjacent to an activating group) is 1. The topological polar surface area (TPSA) is 23.5 Å². The fourth-order valence-corrected chi connectivity index (χ4v) is 1.68. The number of hydrogen-bond donors (Lipinski definition) is 1. The number of nitrogens with zero attached hydrogens (tertiary/aromatic N) is 1. The molecule has 76 valence electrons. The molecule has 0 spiro atoms. The fraction of sp³-hybridized carbons (Fsp3) is 0.333. The molecular weight excluding hydrogens is 174 g/mol. The Balaban J connectivity index is 3.14. The highest BCUT2D eigenvalue weighted by molar-refractivity contribution is 5.51. The van der Waals surface area contributed by atoms with Crippen LogP contribution in [-0.4, -0.2) is 30.1 Å². The summed E-state index contributed by atoms with van der Waals surface area (Å²) < 4.78 is 0. The molecule has 0 aromatic carbocycles. The van der Waals surface area contributed by atoms with E-state index in [4.69, 9.17) is 5.11 Å². The van der Waals surface area contributed by atoms with Gasteiger partial charge < -0.3 is 5.11 Å². The molecule has 2 nitrogen and oxygen atoms in total. The van der Waals surface area contributed by atoms with Gasteiger partial charge in [-0.15, -0.1) is 0 Å². The lowest BCUT2D eigenvalue weighted by Gasteiger charge is -2.27. The predicted molar refractivity (Wildman–Crippen MR) is 60.2 cm³/mol. The average Bonchev–Trinajstić information content (AvgIpc) is 2.17. The van der Waals surface area contributed by atoms with Crippen LogP contribution in [-0.2, 0) is 0 Å². The summed E-state index contributed by atoms with van der Waals surface area (Å²) in [5.74, 6) is 0. The lowest BCUT2D eigenvalue weighted by molar-refractivity contribution is 0.379. The molecule has 1 unspecified atom stereocenters. The van der Waals surface area contributed by atoms with Crippen molar-refractivity contribution in [2.45, 2.75) is 13.0 Å². The smallest absolute Gasteiger partial charge is 0.0866 e. The van der Waals surface area contributed by atoms with E-state index in [9.17, 15) is 0 Å². The third kappa shape index (κ3) is 1.80. The molecule has 1 aliphatic carbocycles. The molecule has 1 atom stereocenters. The number of hydrogen-bond acceptors (Lipinski definition) is 2. The summed E-state index contributed by atoms with van der Waals surface area (Å²) >= 11 is 0. The molecule has 0 amide bonds. The van der Waals surface area contributed by atoms with Gasteiger partial charge in [-0.3, -0.25) is 4.90 Å². The Labute approximate surface area is 85.5 Å². The monoisotopic (exact) mass is 191 g/mol. The maximum atomic E-state index is 9.00. The van der Waals surface area contributed by atoms with Crippen molar-refractivity contribution in [3.05, 3.63) is 47.8 Å². The molecular formula is C12H17NO. The van der Waals surface area contributed by atoms with Crippen molar-refractivity contribution < 1.29 is 5.11 Å². The molecule has 0 radical (unpaired) electrons. The molecule has 0 heterocycles. The molecule has 0 aromatic rings. The quantitative estimate of drug-likeness (QED) is 0.678. The van der Waals surface area contributed by atoms with Gasteiger partial charge in [0.1, 0.15) is 0 Å². The Bertz CT molecular complexity index is 321. The van der Waals surface area contributed by atoms with Gasteiger partial charge in [0.2, 0.25) is 0 Å². The van der Waals surface area contributed by atoms with Gasteiger partial charge in [-0.2, -0.15) is 0 Å². The van der Waals surface area contributed by atoms with Crippen molar-refractivity contribution in [3.63, 3.8) is 0 Å². The number of allylic oxidation sites excluding steroid dienone is 3. The van der Waals surface area contributed by atoms with Gasteiger partial charge >= 0.3 is 0 Å². The molecule has 0 aromatic heterocycles. The zero-order chi connectivity index (χ0) is 10.7. The second kappa shape index (κ2) is 4.29. The van der Waals surface area contributed by atoms with E-state index in [2.05, 4.69) is 17.6 Å². The fourth-order valence-electron chi connectivity index (χ4n) is 1.68. The van der Waals surface area contributed by atoms with Crippen LogP contribution in [0.4, 0.5) is 0 Å². The van der Waals surface area contributed by atoms with Gasteiger partial charge in [-0.1, -0.05) is 24.8 Å². The molecule has 1 aliphatic rings. The molecule has 0 fully saturated rings. The molecule has 1 rings (SSSR count). The standard InChI is InChI=1S/C12H17NO/c1-5-11-9(2)10(8-14)6-7-12(11)13(3)4/h5-8,12,14H,1H2,2-4H3/b10-8+. The Kier molecular flexibility index (Phi) is 3.31. The van der Waals surface area contributed by atoms with Crippen LogP contribution < -0.4 is 0 Å². The van der Waals surface area contributed by atoms with Crippen molar-refractivity contribution in [1.82, 2.24) is 4.90 Å². The number of aliphatic hydroxyl groups is 1. The second-order valence-electron chi connectivity index (χ2n) is 3.64. The van der Waals surface area contributed by atoms with Gasteiger partial charge in [0.15, 0.2) is 0 Å². The van der Waals surface area contributed by atoms with Gasteiger partial charge in [0.05, 0.1) is 12.3 Å². The van der Waals surface area contributed by atoms with Crippen LogP contribution in [0.3, 0.4) is 0 Å².